The maximum atomic E-state index is 12.5. The molecule has 0 saturated carbocycles. The maximum Gasteiger partial charge on any atom is 0.307 e. The van der Waals surface area contributed by atoms with E-state index < -0.39 is 6.10 Å². The molecule has 0 radical (unpaired) electrons. The highest BCUT2D eigenvalue weighted by atomic mass is 16.6. The zero-order valence-corrected chi connectivity index (χ0v) is 30.4. The number of aliphatic hydroxyl groups is 1. The molecule has 0 aromatic heterocycles. The number of hydrogen-bond donors (Lipinski definition) is 1. The van der Waals surface area contributed by atoms with Crippen LogP contribution < -0.4 is 0 Å². The molecule has 262 valence electrons. The normalized spacial score (nSPS) is 13.7. The summed E-state index contributed by atoms with van der Waals surface area (Å²) in [5, 5.41) is 10.9. The number of rotatable bonds is 33. The van der Waals surface area contributed by atoms with Gasteiger partial charge in [0.25, 0.3) is 0 Å². The highest BCUT2D eigenvalue weighted by Crippen LogP contribution is 2.18. The van der Waals surface area contributed by atoms with Crippen LogP contribution in [-0.2, 0) is 9.53 Å². The predicted molar refractivity (Wildman–Crippen MR) is 198 cm³/mol. The minimum absolute atomic E-state index is 0.185. The Kier molecular flexibility index (Phi) is 33.9. The van der Waals surface area contributed by atoms with E-state index in [1.165, 1.54) is 89.9 Å². The Morgan fingerprint density at radius 1 is 0.578 bits per heavy atom. The molecular weight excluding hydrogens is 554 g/mol. The van der Waals surface area contributed by atoms with Crippen LogP contribution in [0.4, 0.5) is 0 Å². The van der Waals surface area contributed by atoms with Crippen molar-refractivity contribution in [2.75, 3.05) is 20.6 Å². The molecule has 0 aliphatic heterocycles. The third-order valence-electron chi connectivity index (χ3n) is 8.36. The molecule has 4 nitrogen and oxygen atoms in total. The van der Waals surface area contributed by atoms with Gasteiger partial charge >= 0.3 is 5.97 Å². The Balaban J connectivity index is 4.13. The molecular formula is C41H75NO3. The summed E-state index contributed by atoms with van der Waals surface area (Å²) in [5.74, 6) is -0.185. The van der Waals surface area contributed by atoms with Crippen molar-refractivity contribution in [3.63, 3.8) is 0 Å². The van der Waals surface area contributed by atoms with Crippen LogP contribution in [-0.4, -0.2) is 48.8 Å². The summed E-state index contributed by atoms with van der Waals surface area (Å²) in [6.45, 7) is 5.18. The Labute approximate surface area is 280 Å². The lowest BCUT2D eigenvalue weighted by atomic mass is 9.99. The molecule has 0 aromatic carbocycles. The van der Waals surface area contributed by atoms with E-state index in [0.29, 0.717) is 13.0 Å². The quantitative estimate of drug-likeness (QED) is 0.0446. The Hall–Kier alpha value is -1.65. The fourth-order valence-corrected chi connectivity index (χ4v) is 5.38. The first-order valence-corrected chi connectivity index (χ1v) is 19.1. The number of carbonyl (C=O) groups excluding carboxylic acids is 1. The minimum Gasteiger partial charge on any atom is -0.460 e. The molecule has 0 saturated heterocycles. The minimum atomic E-state index is -0.558. The van der Waals surface area contributed by atoms with Crippen LogP contribution in [0.15, 0.2) is 48.6 Å². The van der Waals surface area contributed by atoms with Gasteiger partial charge in [0, 0.05) is 6.54 Å². The van der Waals surface area contributed by atoms with Crippen LogP contribution >= 0.6 is 0 Å². The first-order valence-electron chi connectivity index (χ1n) is 19.1. The highest BCUT2D eigenvalue weighted by molar-refractivity contribution is 5.69. The molecule has 0 fully saturated rings. The summed E-state index contributed by atoms with van der Waals surface area (Å²) in [5.41, 5.74) is 0. The lowest BCUT2D eigenvalue weighted by molar-refractivity contribution is -0.156. The third kappa shape index (κ3) is 33.5. The third-order valence-corrected chi connectivity index (χ3v) is 8.36. The Morgan fingerprint density at radius 3 is 1.42 bits per heavy atom. The van der Waals surface area contributed by atoms with Gasteiger partial charge in [-0.1, -0.05) is 133 Å². The van der Waals surface area contributed by atoms with Crippen LogP contribution in [0, 0.1) is 0 Å². The molecule has 45 heavy (non-hydrogen) atoms. The van der Waals surface area contributed by atoms with Crippen LogP contribution in [0.2, 0.25) is 0 Å². The zero-order chi connectivity index (χ0) is 33.1. The van der Waals surface area contributed by atoms with Crippen molar-refractivity contribution in [3.8, 4) is 0 Å². The number of unbranched alkanes of at least 4 members (excludes halogenated alkanes) is 16. The molecule has 2 atom stereocenters. The van der Waals surface area contributed by atoms with Crippen LogP contribution in [0.5, 0.6) is 0 Å². The molecule has 0 spiro atoms. The van der Waals surface area contributed by atoms with Crippen molar-refractivity contribution in [1.29, 1.82) is 0 Å². The number of ether oxygens (including phenoxy) is 1. The van der Waals surface area contributed by atoms with Crippen LogP contribution in [0.1, 0.15) is 174 Å². The van der Waals surface area contributed by atoms with Crippen LogP contribution in [0.25, 0.3) is 0 Å². The average Bonchev–Trinajstić information content (AvgIpc) is 3.03. The van der Waals surface area contributed by atoms with Gasteiger partial charge in [-0.3, -0.25) is 4.79 Å². The molecule has 0 amide bonds. The van der Waals surface area contributed by atoms with Gasteiger partial charge in [-0.25, -0.2) is 0 Å². The number of aliphatic hydroxyl groups excluding tert-OH is 1. The molecule has 0 aromatic rings. The first kappa shape index (κ1) is 43.4. The second kappa shape index (κ2) is 35.2. The monoisotopic (exact) mass is 630 g/mol. The van der Waals surface area contributed by atoms with Gasteiger partial charge in [-0.15, -0.1) is 0 Å². The molecule has 0 rings (SSSR count). The van der Waals surface area contributed by atoms with E-state index >= 15 is 0 Å². The highest BCUT2D eigenvalue weighted by Gasteiger charge is 2.22. The molecule has 1 unspecified atom stereocenters. The number of carbonyl (C=O) groups is 1. The molecule has 0 aliphatic rings. The van der Waals surface area contributed by atoms with E-state index in [2.05, 4.69) is 62.5 Å². The van der Waals surface area contributed by atoms with Gasteiger partial charge in [0.1, 0.15) is 6.10 Å². The van der Waals surface area contributed by atoms with E-state index in [9.17, 15) is 9.90 Å². The van der Waals surface area contributed by atoms with E-state index in [0.717, 1.165) is 64.2 Å². The maximum absolute atomic E-state index is 12.5. The number of esters is 1. The summed E-state index contributed by atoms with van der Waals surface area (Å²) in [4.78, 5) is 14.5. The lowest BCUT2D eigenvalue weighted by Crippen LogP contribution is -2.32. The molecule has 4 heteroatoms. The van der Waals surface area contributed by atoms with E-state index in [1.807, 2.05) is 19.0 Å². The van der Waals surface area contributed by atoms with Crippen molar-refractivity contribution in [2.45, 2.75) is 187 Å². The lowest BCUT2D eigenvalue weighted by Gasteiger charge is -2.24. The topological polar surface area (TPSA) is 49.8 Å². The van der Waals surface area contributed by atoms with Crippen molar-refractivity contribution in [1.82, 2.24) is 4.90 Å². The van der Waals surface area contributed by atoms with Crippen LogP contribution in [0.3, 0.4) is 0 Å². The smallest absolute Gasteiger partial charge is 0.307 e. The van der Waals surface area contributed by atoms with Gasteiger partial charge in [0.05, 0.1) is 12.5 Å². The molecule has 0 bridgehead atoms. The predicted octanol–water partition coefficient (Wildman–Crippen LogP) is 11.8. The Morgan fingerprint density at radius 2 is 0.978 bits per heavy atom. The second-order valence-electron chi connectivity index (χ2n) is 13.2. The van der Waals surface area contributed by atoms with Gasteiger partial charge in [-0.2, -0.15) is 0 Å². The molecule has 0 aliphatic carbocycles. The number of nitrogens with zero attached hydrogens (tertiary/aromatic N) is 1. The fraction of sp³-hybridized carbons (Fsp3) is 0.780. The van der Waals surface area contributed by atoms with Gasteiger partial charge in [-0.05, 0) is 97.6 Å². The van der Waals surface area contributed by atoms with E-state index in [1.54, 1.807) is 0 Å². The second-order valence-corrected chi connectivity index (χ2v) is 13.2. The summed E-state index contributed by atoms with van der Waals surface area (Å²) >= 11 is 0. The molecule has 1 N–H and O–H groups in total. The summed E-state index contributed by atoms with van der Waals surface area (Å²) < 4.78 is 5.81. The van der Waals surface area contributed by atoms with Gasteiger partial charge in [0.2, 0.25) is 0 Å². The summed E-state index contributed by atoms with van der Waals surface area (Å²) in [6, 6.07) is 0. The van der Waals surface area contributed by atoms with Crippen molar-refractivity contribution in [3.05, 3.63) is 48.6 Å². The van der Waals surface area contributed by atoms with Gasteiger partial charge < -0.3 is 14.7 Å². The summed E-state index contributed by atoms with van der Waals surface area (Å²) in [7, 11) is 3.93. The number of hydrogen-bond acceptors (Lipinski definition) is 4. The van der Waals surface area contributed by atoms with E-state index in [4.69, 9.17) is 4.74 Å². The zero-order valence-electron chi connectivity index (χ0n) is 30.4. The van der Waals surface area contributed by atoms with Crippen molar-refractivity contribution in [2.24, 2.45) is 0 Å². The molecule has 0 heterocycles. The number of allylic oxidation sites excluding steroid dienone is 8. The average molecular weight is 630 g/mol. The van der Waals surface area contributed by atoms with Crippen molar-refractivity contribution < 1.29 is 14.6 Å². The Bertz CT molecular complexity index is 739. The fourth-order valence-electron chi connectivity index (χ4n) is 5.38. The standard InChI is InChI=1S/C41H75NO3/c1-5-7-9-11-13-15-17-19-21-23-25-27-29-31-33-35-39(43)40(45-41(44)37-38-42(3)4)36-34-32-30-28-26-24-22-20-18-16-14-12-10-8-6-2/h13-16,19-22,39-40,43H,5-12,17-18,23-38H2,1-4H3/b15-13-,16-14-,21-19-,22-20-/t39?,40-/m1/s1. The summed E-state index contributed by atoms with van der Waals surface area (Å²) in [6.07, 6.45) is 45.7. The SMILES string of the molecule is CCCCC/C=C\C/C=C\CCCCCCCC(O)[C@@H](CCCCCCC/C=C\C/C=C\CCCCC)OC(=O)CCN(C)C. The largest absolute Gasteiger partial charge is 0.460 e. The van der Waals surface area contributed by atoms with E-state index in [-0.39, 0.29) is 12.1 Å². The van der Waals surface area contributed by atoms with Crippen molar-refractivity contribution >= 4 is 5.97 Å². The van der Waals surface area contributed by atoms with Gasteiger partial charge in [0.15, 0.2) is 0 Å². The first-order chi connectivity index (χ1) is 22.0.